The lowest BCUT2D eigenvalue weighted by molar-refractivity contribution is -0.104. The van der Waals surface area contributed by atoms with E-state index in [-0.39, 0.29) is 0 Å². The van der Waals surface area contributed by atoms with Gasteiger partial charge in [-0.05, 0) is 73.1 Å². The maximum Gasteiger partial charge on any atom is 0.152 e. The van der Waals surface area contributed by atoms with Gasteiger partial charge in [0.05, 0.1) is 17.1 Å². The van der Waals surface area contributed by atoms with E-state index in [0.717, 1.165) is 41.9 Å². The third-order valence-electron chi connectivity index (χ3n) is 6.56. The fraction of sp³-hybridized carbons (Fsp3) is 0.286. The number of carbonyl (C=O) groups is 1. The lowest BCUT2D eigenvalue weighted by Gasteiger charge is -2.18. The molecule has 1 aromatic carbocycles. The van der Waals surface area contributed by atoms with Crippen LogP contribution in [-0.4, -0.2) is 22.0 Å². The van der Waals surface area contributed by atoms with E-state index in [2.05, 4.69) is 52.4 Å². The first-order valence-electron chi connectivity index (χ1n) is 11.7. The number of allylic oxidation sites excluding steroid dienone is 2. The zero-order valence-electron chi connectivity index (χ0n) is 18.3. The van der Waals surface area contributed by atoms with Gasteiger partial charge in [-0.25, -0.2) is 4.99 Å². The topological polar surface area (TPSA) is 61.0 Å². The minimum absolute atomic E-state index is 0.448. The Morgan fingerprint density at radius 1 is 1.03 bits per heavy atom. The number of aryl methyl sites for hydroxylation is 1. The third kappa shape index (κ3) is 4.45. The van der Waals surface area contributed by atoms with Crippen LogP contribution in [0.2, 0.25) is 0 Å². The Morgan fingerprint density at radius 3 is 2.72 bits per heavy atom. The summed E-state index contributed by atoms with van der Waals surface area (Å²) in [7, 11) is 0. The number of hydrogen-bond acceptors (Lipinski definition) is 2. The van der Waals surface area contributed by atoms with Crippen molar-refractivity contribution >= 4 is 18.1 Å². The summed E-state index contributed by atoms with van der Waals surface area (Å²) in [6.07, 6.45) is 15.0. The average molecular weight is 424 g/mol. The molecule has 2 aliphatic rings. The fourth-order valence-electron chi connectivity index (χ4n) is 4.89. The molecule has 3 aromatic rings. The van der Waals surface area contributed by atoms with Gasteiger partial charge in [-0.15, -0.1) is 0 Å². The zero-order valence-corrected chi connectivity index (χ0v) is 18.3. The maximum atomic E-state index is 11.8. The highest BCUT2D eigenvalue weighted by molar-refractivity contribution is 6.14. The SMILES string of the molecule is O=CC1=CC(c2ccc[nH]2)=N/C1=C/c1[nH]c2cc1C(Cc1ccccc1)CCCCCC2. The summed E-state index contributed by atoms with van der Waals surface area (Å²) in [6, 6.07) is 17.1. The van der Waals surface area contributed by atoms with E-state index in [4.69, 9.17) is 4.99 Å². The Labute approximate surface area is 189 Å². The van der Waals surface area contributed by atoms with E-state index in [1.807, 2.05) is 24.4 Å². The van der Waals surface area contributed by atoms with Crippen LogP contribution in [0.4, 0.5) is 0 Å². The Morgan fingerprint density at radius 2 is 1.91 bits per heavy atom. The highest BCUT2D eigenvalue weighted by atomic mass is 16.1. The second-order valence-electron chi connectivity index (χ2n) is 8.83. The second-order valence-corrected chi connectivity index (χ2v) is 8.83. The van der Waals surface area contributed by atoms with Crippen molar-refractivity contribution in [2.45, 2.75) is 50.9 Å². The van der Waals surface area contributed by atoms with Crippen LogP contribution in [-0.2, 0) is 17.6 Å². The number of nitrogens with zero attached hydrogens (tertiary/aromatic N) is 1. The standard InChI is InChI=1S/C28H29N3O/c32-19-22-16-28(25-13-8-14-29-25)31-26(22)18-27-24-17-23(30-27)12-7-2-1-6-11-21(24)15-20-9-4-3-5-10-20/h3-5,8-10,13-14,16-19,21,29-30H,1-2,6-7,11-12,15H2/b26-18+. The van der Waals surface area contributed by atoms with Crippen LogP contribution >= 0.6 is 0 Å². The quantitative estimate of drug-likeness (QED) is 0.475. The van der Waals surface area contributed by atoms with Crippen molar-refractivity contribution in [3.63, 3.8) is 0 Å². The number of aldehydes is 1. The van der Waals surface area contributed by atoms with Gasteiger partial charge in [-0.3, -0.25) is 4.79 Å². The summed E-state index contributed by atoms with van der Waals surface area (Å²) in [6.45, 7) is 0. The van der Waals surface area contributed by atoms with Crippen molar-refractivity contribution in [3.05, 3.63) is 100 Å². The molecule has 1 aliphatic carbocycles. The van der Waals surface area contributed by atoms with Crippen LogP contribution in [0, 0.1) is 0 Å². The second kappa shape index (κ2) is 9.39. The molecule has 32 heavy (non-hydrogen) atoms. The molecule has 4 nitrogen and oxygen atoms in total. The van der Waals surface area contributed by atoms with Crippen LogP contribution < -0.4 is 0 Å². The molecule has 1 atom stereocenters. The minimum atomic E-state index is 0.448. The first-order valence-corrected chi connectivity index (χ1v) is 11.7. The molecular formula is C28H29N3O. The monoisotopic (exact) mass is 423 g/mol. The number of nitrogens with one attached hydrogen (secondary N) is 2. The van der Waals surface area contributed by atoms with Crippen LogP contribution in [0.15, 0.2) is 77.1 Å². The fourth-order valence-corrected chi connectivity index (χ4v) is 4.89. The molecule has 0 radical (unpaired) electrons. The van der Waals surface area contributed by atoms with Gasteiger partial charge < -0.3 is 9.97 Å². The molecule has 0 spiro atoms. The third-order valence-corrected chi connectivity index (χ3v) is 6.56. The van der Waals surface area contributed by atoms with E-state index in [9.17, 15) is 4.79 Å². The first kappa shape index (κ1) is 20.5. The Balaban J connectivity index is 1.53. The zero-order chi connectivity index (χ0) is 21.8. The molecule has 0 saturated carbocycles. The Kier molecular flexibility index (Phi) is 6.02. The Bertz CT molecular complexity index is 1160. The summed E-state index contributed by atoms with van der Waals surface area (Å²) in [5, 5.41) is 0. The molecule has 0 fully saturated rings. The molecule has 0 amide bonds. The lowest BCUT2D eigenvalue weighted by atomic mass is 9.86. The van der Waals surface area contributed by atoms with Gasteiger partial charge in [-0.1, -0.05) is 49.6 Å². The molecule has 5 rings (SSSR count). The van der Waals surface area contributed by atoms with E-state index in [1.54, 1.807) is 0 Å². The van der Waals surface area contributed by atoms with Crippen molar-refractivity contribution in [2.24, 2.45) is 4.99 Å². The molecule has 2 N–H and O–H groups in total. The molecule has 1 aliphatic heterocycles. The van der Waals surface area contributed by atoms with Crippen molar-refractivity contribution in [1.82, 2.24) is 9.97 Å². The smallest absolute Gasteiger partial charge is 0.152 e. The molecule has 3 heterocycles. The van der Waals surface area contributed by atoms with Gasteiger partial charge in [0.1, 0.15) is 0 Å². The van der Waals surface area contributed by atoms with E-state index in [0.29, 0.717) is 11.5 Å². The highest BCUT2D eigenvalue weighted by Crippen LogP contribution is 2.34. The molecule has 162 valence electrons. The number of hydrogen-bond donors (Lipinski definition) is 2. The van der Waals surface area contributed by atoms with Crippen molar-refractivity contribution in [2.75, 3.05) is 0 Å². The van der Waals surface area contributed by atoms with E-state index >= 15 is 0 Å². The largest absolute Gasteiger partial charge is 0.360 e. The molecule has 4 heteroatoms. The molecule has 0 saturated heterocycles. The number of carbonyl (C=O) groups excluding carboxylic acids is 1. The highest BCUT2D eigenvalue weighted by Gasteiger charge is 2.22. The molecule has 2 aromatic heterocycles. The Hall–Kier alpha value is -3.40. The maximum absolute atomic E-state index is 11.8. The van der Waals surface area contributed by atoms with Crippen LogP contribution in [0.3, 0.4) is 0 Å². The van der Waals surface area contributed by atoms with Gasteiger partial charge in [-0.2, -0.15) is 0 Å². The minimum Gasteiger partial charge on any atom is -0.360 e. The van der Waals surface area contributed by atoms with E-state index in [1.165, 1.54) is 48.9 Å². The molecule has 1 unspecified atom stereocenters. The van der Waals surface area contributed by atoms with Crippen LogP contribution in [0.1, 0.15) is 66.2 Å². The summed E-state index contributed by atoms with van der Waals surface area (Å²) in [4.78, 5) is 23.4. The van der Waals surface area contributed by atoms with Crippen molar-refractivity contribution < 1.29 is 4.79 Å². The molecular weight excluding hydrogens is 394 g/mol. The van der Waals surface area contributed by atoms with Crippen LogP contribution in [0.25, 0.3) is 6.08 Å². The van der Waals surface area contributed by atoms with E-state index < -0.39 is 0 Å². The molecule has 2 bridgehead atoms. The number of H-pyrrole nitrogens is 2. The van der Waals surface area contributed by atoms with Crippen molar-refractivity contribution in [3.8, 4) is 0 Å². The summed E-state index contributed by atoms with van der Waals surface area (Å²) in [5.41, 5.74) is 8.19. The van der Waals surface area contributed by atoms with Crippen molar-refractivity contribution in [1.29, 1.82) is 0 Å². The van der Waals surface area contributed by atoms with Gasteiger partial charge in [0, 0.05) is 23.2 Å². The number of fused-ring (bicyclic) bond motifs is 2. The summed E-state index contributed by atoms with van der Waals surface area (Å²) >= 11 is 0. The summed E-state index contributed by atoms with van der Waals surface area (Å²) < 4.78 is 0. The number of aromatic amines is 2. The van der Waals surface area contributed by atoms with Crippen LogP contribution in [0.5, 0.6) is 0 Å². The van der Waals surface area contributed by atoms with Gasteiger partial charge in [0.25, 0.3) is 0 Å². The van der Waals surface area contributed by atoms with Gasteiger partial charge >= 0.3 is 0 Å². The average Bonchev–Trinajstić information content (AvgIpc) is 3.56. The van der Waals surface area contributed by atoms with Gasteiger partial charge in [0.2, 0.25) is 0 Å². The normalized spacial score (nSPS) is 20.1. The summed E-state index contributed by atoms with van der Waals surface area (Å²) in [5.74, 6) is 0.448. The number of aromatic nitrogens is 2. The predicted octanol–water partition coefficient (Wildman–Crippen LogP) is 6.14. The number of rotatable bonds is 5. The van der Waals surface area contributed by atoms with Gasteiger partial charge in [0.15, 0.2) is 6.29 Å². The number of aliphatic imine (C=N–C) groups is 1. The number of benzene rings is 1. The predicted molar refractivity (Wildman–Crippen MR) is 130 cm³/mol. The first-order chi connectivity index (χ1) is 15.8. The lowest BCUT2D eigenvalue weighted by Crippen LogP contribution is -2.05.